The predicted octanol–water partition coefficient (Wildman–Crippen LogP) is 3.75. The molecule has 6 heteroatoms. The molecule has 5 rings (SSSR count). The number of nitrogens with zero attached hydrogens (tertiary/aromatic N) is 1. The molecule has 3 aliphatic rings. The molecule has 2 aliphatic carbocycles. The van der Waals surface area contributed by atoms with E-state index in [1.165, 1.54) is 11.1 Å². The normalized spacial score (nSPS) is 22.7. The summed E-state index contributed by atoms with van der Waals surface area (Å²) in [6.45, 7) is 3.52. The van der Waals surface area contributed by atoms with E-state index in [9.17, 15) is 9.59 Å². The average Bonchev–Trinajstić information content (AvgIpc) is 3.43. The van der Waals surface area contributed by atoms with Crippen molar-refractivity contribution in [2.45, 2.75) is 39.2 Å². The Labute approximate surface area is 188 Å². The molecule has 0 bridgehead atoms. The lowest BCUT2D eigenvalue weighted by molar-refractivity contribution is -0.145. The second-order valence-corrected chi connectivity index (χ2v) is 8.97. The van der Waals surface area contributed by atoms with E-state index in [1.807, 2.05) is 36.1 Å². The molecular weight excluding hydrogens is 406 g/mol. The SMILES string of the molecule is CCOC(=O)C1CC1CN(Cc1ccc2c(c1)OCO2)C(=O)C1CCc2ccccc2C1. The third kappa shape index (κ3) is 4.31. The van der Waals surface area contributed by atoms with Crippen molar-refractivity contribution in [3.05, 3.63) is 59.2 Å². The number of carbonyl (C=O) groups excluding carboxylic acids is 2. The number of fused-ring (bicyclic) bond motifs is 2. The van der Waals surface area contributed by atoms with E-state index in [1.54, 1.807) is 0 Å². The number of amides is 1. The first-order valence-corrected chi connectivity index (χ1v) is 11.5. The van der Waals surface area contributed by atoms with Crippen molar-refractivity contribution in [1.82, 2.24) is 4.90 Å². The number of ether oxygens (including phenoxy) is 3. The Kier molecular flexibility index (Phi) is 5.77. The summed E-state index contributed by atoms with van der Waals surface area (Å²) in [4.78, 5) is 27.7. The summed E-state index contributed by atoms with van der Waals surface area (Å²) >= 11 is 0. The fourth-order valence-electron chi connectivity index (χ4n) is 4.93. The molecule has 168 valence electrons. The molecule has 2 aromatic rings. The minimum absolute atomic E-state index is 0.0290. The summed E-state index contributed by atoms with van der Waals surface area (Å²) in [5.74, 6) is 1.54. The van der Waals surface area contributed by atoms with Gasteiger partial charge < -0.3 is 19.1 Å². The van der Waals surface area contributed by atoms with Crippen molar-refractivity contribution >= 4 is 11.9 Å². The highest BCUT2D eigenvalue weighted by molar-refractivity contribution is 5.80. The first-order chi connectivity index (χ1) is 15.6. The highest BCUT2D eigenvalue weighted by Crippen LogP contribution is 2.41. The van der Waals surface area contributed by atoms with Crippen molar-refractivity contribution in [2.24, 2.45) is 17.8 Å². The van der Waals surface area contributed by atoms with Crippen LogP contribution in [0.5, 0.6) is 11.5 Å². The molecule has 2 aromatic carbocycles. The molecule has 1 aliphatic heterocycles. The molecular formula is C26H29NO5. The zero-order chi connectivity index (χ0) is 22.1. The van der Waals surface area contributed by atoms with Crippen LogP contribution in [-0.4, -0.2) is 36.7 Å². The molecule has 0 aromatic heterocycles. The van der Waals surface area contributed by atoms with Crippen LogP contribution in [0.3, 0.4) is 0 Å². The van der Waals surface area contributed by atoms with Crippen molar-refractivity contribution < 1.29 is 23.8 Å². The number of esters is 1. The second-order valence-electron chi connectivity index (χ2n) is 8.97. The Balaban J connectivity index is 1.32. The van der Waals surface area contributed by atoms with Crippen LogP contribution in [0.15, 0.2) is 42.5 Å². The molecule has 0 radical (unpaired) electrons. The zero-order valence-corrected chi connectivity index (χ0v) is 18.4. The van der Waals surface area contributed by atoms with E-state index in [2.05, 4.69) is 18.2 Å². The number of carbonyl (C=O) groups is 2. The van der Waals surface area contributed by atoms with E-state index >= 15 is 0 Å². The van der Waals surface area contributed by atoms with Crippen LogP contribution in [0.2, 0.25) is 0 Å². The second kappa shape index (κ2) is 8.85. The Morgan fingerprint density at radius 2 is 1.91 bits per heavy atom. The van der Waals surface area contributed by atoms with Gasteiger partial charge in [0.05, 0.1) is 12.5 Å². The zero-order valence-electron chi connectivity index (χ0n) is 18.4. The molecule has 0 saturated heterocycles. The van der Waals surface area contributed by atoms with Crippen LogP contribution in [-0.2, 0) is 33.7 Å². The van der Waals surface area contributed by atoms with Gasteiger partial charge in [-0.2, -0.15) is 0 Å². The van der Waals surface area contributed by atoms with Gasteiger partial charge in [-0.25, -0.2) is 0 Å². The van der Waals surface area contributed by atoms with Gasteiger partial charge in [-0.1, -0.05) is 30.3 Å². The Morgan fingerprint density at radius 1 is 1.09 bits per heavy atom. The maximum absolute atomic E-state index is 13.7. The standard InChI is InChI=1S/C26H29NO5/c1-2-30-26(29)22-13-21(22)15-27(14-17-7-10-23-24(11-17)32-16-31-23)25(28)20-9-8-18-5-3-4-6-19(18)12-20/h3-7,10-11,20-22H,2,8-9,12-16H2,1H3. The molecule has 1 fully saturated rings. The molecule has 1 heterocycles. The van der Waals surface area contributed by atoms with Crippen molar-refractivity contribution in [3.8, 4) is 11.5 Å². The number of hydrogen-bond acceptors (Lipinski definition) is 5. The highest BCUT2D eigenvalue weighted by Gasteiger charge is 2.46. The molecule has 3 unspecified atom stereocenters. The predicted molar refractivity (Wildman–Crippen MR) is 118 cm³/mol. The van der Waals surface area contributed by atoms with Crippen molar-refractivity contribution in [1.29, 1.82) is 0 Å². The molecule has 3 atom stereocenters. The van der Waals surface area contributed by atoms with Gasteiger partial charge in [-0.05, 0) is 67.3 Å². The van der Waals surface area contributed by atoms with Gasteiger partial charge in [0.1, 0.15) is 0 Å². The molecule has 6 nitrogen and oxygen atoms in total. The van der Waals surface area contributed by atoms with Gasteiger partial charge in [-0.3, -0.25) is 9.59 Å². The van der Waals surface area contributed by atoms with E-state index < -0.39 is 0 Å². The quantitative estimate of drug-likeness (QED) is 0.620. The largest absolute Gasteiger partial charge is 0.466 e. The molecule has 0 N–H and O–H groups in total. The lowest BCUT2D eigenvalue weighted by Crippen LogP contribution is -2.39. The summed E-state index contributed by atoms with van der Waals surface area (Å²) < 4.78 is 16.1. The van der Waals surface area contributed by atoms with Crippen LogP contribution in [0.4, 0.5) is 0 Å². The third-order valence-corrected chi connectivity index (χ3v) is 6.78. The van der Waals surface area contributed by atoms with Crippen LogP contribution in [0.1, 0.15) is 36.5 Å². The maximum Gasteiger partial charge on any atom is 0.309 e. The molecule has 1 saturated carbocycles. The summed E-state index contributed by atoms with van der Waals surface area (Å²) in [7, 11) is 0. The van der Waals surface area contributed by atoms with Crippen molar-refractivity contribution in [3.63, 3.8) is 0 Å². The third-order valence-electron chi connectivity index (χ3n) is 6.78. The minimum Gasteiger partial charge on any atom is -0.466 e. The summed E-state index contributed by atoms with van der Waals surface area (Å²) in [5.41, 5.74) is 3.63. The summed E-state index contributed by atoms with van der Waals surface area (Å²) in [6, 6.07) is 14.2. The molecule has 32 heavy (non-hydrogen) atoms. The fourth-order valence-corrected chi connectivity index (χ4v) is 4.93. The Morgan fingerprint density at radius 3 is 2.75 bits per heavy atom. The van der Waals surface area contributed by atoms with Gasteiger partial charge in [0, 0.05) is 19.0 Å². The molecule has 0 spiro atoms. The van der Waals surface area contributed by atoms with E-state index in [0.29, 0.717) is 19.7 Å². The first kappa shape index (κ1) is 20.9. The van der Waals surface area contributed by atoms with E-state index in [-0.39, 0.29) is 36.4 Å². The highest BCUT2D eigenvalue weighted by atomic mass is 16.7. The number of hydrogen-bond donors (Lipinski definition) is 0. The monoisotopic (exact) mass is 435 g/mol. The lowest BCUT2D eigenvalue weighted by Gasteiger charge is -2.31. The van der Waals surface area contributed by atoms with E-state index in [4.69, 9.17) is 14.2 Å². The lowest BCUT2D eigenvalue weighted by atomic mass is 9.83. The summed E-state index contributed by atoms with van der Waals surface area (Å²) in [6.07, 6.45) is 3.36. The first-order valence-electron chi connectivity index (χ1n) is 11.5. The van der Waals surface area contributed by atoms with Crippen LogP contribution in [0.25, 0.3) is 0 Å². The number of benzene rings is 2. The fraction of sp³-hybridized carbons (Fsp3) is 0.462. The Bertz CT molecular complexity index is 1020. The number of rotatable bonds is 7. The molecule has 1 amide bonds. The van der Waals surface area contributed by atoms with Gasteiger partial charge in [0.25, 0.3) is 0 Å². The Hall–Kier alpha value is -3.02. The van der Waals surface area contributed by atoms with Crippen molar-refractivity contribution in [2.75, 3.05) is 19.9 Å². The van der Waals surface area contributed by atoms with Crippen LogP contribution >= 0.6 is 0 Å². The topological polar surface area (TPSA) is 65.1 Å². The van der Waals surface area contributed by atoms with Crippen LogP contribution < -0.4 is 9.47 Å². The number of aryl methyl sites for hydroxylation is 1. The van der Waals surface area contributed by atoms with Gasteiger partial charge in [-0.15, -0.1) is 0 Å². The van der Waals surface area contributed by atoms with Gasteiger partial charge in [0.15, 0.2) is 11.5 Å². The summed E-state index contributed by atoms with van der Waals surface area (Å²) in [5, 5.41) is 0. The van der Waals surface area contributed by atoms with E-state index in [0.717, 1.165) is 42.7 Å². The average molecular weight is 436 g/mol. The minimum atomic E-state index is -0.139. The van der Waals surface area contributed by atoms with Crippen LogP contribution in [0, 0.1) is 17.8 Å². The maximum atomic E-state index is 13.7. The van der Waals surface area contributed by atoms with Gasteiger partial charge in [0.2, 0.25) is 12.7 Å². The smallest absolute Gasteiger partial charge is 0.309 e. The van der Waals surface area contributed by atoms with Gasteiger partial charge >= 0.3 is 5.97 Å².